The number of rotatable bonds is 6. The van der Waals surface area contributed by atoms with Crippen LogP contribution in [0, 0.1) is 12.8 Å². The van der Waals surface area contributed by atoms with Crippen molar-refractivity contribution in [3.05, 3.63) is 23.2 Å². The van der Waals surface area contributed by atoms with Crippen LogP contribution in [0.2, 0.25) is 0 Å². The van der Waals surface area contributed by atoms with Gasteiger partial charge >= 0.3 is 0 Å². The van der Waals surface area contributed by atoms with E-state index < -0.39 is 0 Å². The molecule has 0 saturated heterocycles. The molecular weight excluding hydrogens is 200 g/mol. The number of furan rings is 1. The lowest BCUT2D eigenvalue weighted by atomic mass is 10.2. The molecule has 0 bridgehead atoms. The van der Waals surface area contributed by atoms with Crippen LogP contribution in [-0.2, 0) is 13.1 Å². The van der Waals surface area contributed by atoms with Crippen molar-refractivity contribution in [2.24, 2.45) is 5.92 Å². The third-order valence-electron chi connectivity index (χ3n) is 2.51. The predicted octanol–water partition coefficient (Wildman–Crippen LogP) is 2.40. The van der Waals surface area contributed by atoms with Crippen molar-refractivity contribution in [3.63, 3.8) is 0 Å². The summed E-state index contributed by atoms with van der Waals surface area (Å²) in [6.45, 7) is 9.36. The van der Waals surface area contributed by atoms with Crippen LogP contribution in [0.15, 0.2) is 10.5 Å². The lowest BCUT2D eigenvalue weighted by molar-refractivity contribution is 0.261. The Hall–Kier alpha value is -0.800. The minimum absolute atomic E-state index is 0.692. The molecule has 1 heterocycles. The predicted molar refractivity (Wildman–Crippen MR) is 67.4 cm³/mol. The minimum atomic E-state index is 0.692. The van der Waals surface area contributed by atoms with Gasteiger partial charge in [-0.2, -0.15) is 0 Å². The minimum Gasteiger partial charge on any atom is -0.463 e. The third-order valence-corrected chi connectivity index (χ3v) is 2.51. The summed E-state index contributed by atoms with van der Waals surface area (Å²) in [4.78, 5) is 2.30. The molecule has 0 spiro atoms. The summed E-state index contributed by atoms with van der Waals surface area (Å²) in [6, 6.07) is 2.14. The van der Waals surface area contributed by atoms with Gasteiger partial charge < -0.3 is 9.73 Å². The van der Waals surface area contributed by atoms with Gasteiger partial charge in [-0.05, 0) is 38.6 Å². The first-order chi connectivity index (χ1) is 7.52. The van der Waals surface area contributed by atoms with Crippen molar-refractivity contribution < 1.29 is 4.42 Å². The van der Waals surface area contributed by atoms with Gasteiger partial charge in [0.25, 0.3) is 0 Å². The van der Waals surface area contributed by atoms with Crippen molar-refractivity contribution in [2.45, 2.75) is 33.9 Å². The first-order valence-corrected chi connectivity index (χ1v) is 5.94. The molecule has 92 valence electrons. The summed E-state index contributed by atoms with van der Waals surface area (Å²) in [5, 5.41) is 3.12. The highest BCUT2D eigenvalue weighted by Crippen LogP contribution is 2.16. The van der Waals surface area contributed by atoms with E-state index in [0.29, 0.717) is 5.92 Å². The van der Waals surface area contributed by atoms with Gasteiger partial charge in [-0.25, -0.2) is 0 Å². The van der Waals surface area contributed by atoms with Crippen LogP contribution in [0.1, 0.15) is 30.9 Å². The molecule has 1 aromatic rings. The molecule has 0 fully saturated rings. The van der Waals surface area contributed by atoms with E-state index in [-0.39, 0.29) is 0 Å². The van der Waals surface area contributed by atoms with Crippen molar-refractivity contribution >= 4 is 0 Å². The van der Waals surface area contributed by atoms with Crippen LogP contribution >= 0.6 is 0 Å². The van der Waals surface area contributed by atoms with E-state index in [1.165, 1.54) is 5.56 Å². The SMILES string of the molecule is CNCc1oc(CN(C)CC(C)C)cc1C. The number of hydrogen-bond donors (Lipinski definition) is 1. The fourth-order valence-electron chi connectivity index (χ4n) is 1.96. The first kappa shape index (κ1) is 13.3. The highest BCUT2D eigenvalue weighted by Gasteiger charge is 2.09. The van der Waals surface area contributed by atoms with E-state index in [2.05, 4.69) is 44.1 Å². The average molecular weight is 224 g/mol. The summed E-state index contributed by atoms with van der Waals surface area (Å²) in [5.41, 5.74) is 1.24. The molecular formula is C13H24N2O. The van der Waals surface area contributed by atoms with Crippen LogP contribution in [-0.4, -0.2) is 25.5 Å². The Labute approximate surface area is 98.8 Å². The number of hydrogen-bond acceptors (Lipinski definition) is 3. The second-order valence-electron chi connectivity index (χ2n) is 4.94. The van der Waals surface area contributed by atoms with Crippen LogP contribution in [0.5, 0.6) is 0 Å². The normalized spacial score (nSPS) is 11.7. The average Bonchev–Trinajstić information content (AvgIpc) is 2.45. The van der Waals surface area contributed by atoms with E-state index in [1.807, 2.05) is 7.05 Å². The Morgan fingerprint density at radius 2 is 2.12 bits per heavy atom. The summed E-state index contributed by atoms with van der Waals surface area (Å²) in [7, 11) is 4.07. The molecule has 0 saturated carbocycles. The maximum atomic E-state index is 5.80. The van der Waals surface area contributed by atoms with Gasteiger partial charge in [0.05, 0.1) is 13.1 Å². The largest absolute Gasteiger partial charge is 0.463 e. The smallest absolute Gasteiger partial charge is 0.120 e. The van der Waals surface area contributed by atoms with E-state index in [4.69, 9.17) is 4.42 Å². The molecule has 0 unspecified atom stereocenters. The first-order valence-electron chi connectivity index (χ1n) is 5.94. The Morgan fingerprint density at radius 1 is 1.44 bits per heavy atom. The van der Waals surface area contributed by atoms with Crippen LogP contribution in [0.3, 0.4) is 0 Å². The van der Waals surface area contributed by atoms with Gasteiger partial charge in [-0.1, -0.05) is 13.8 Å². The molecule has 0 atom stereocenters. The second kappa shape index (κ2) is 6.06. The fourth-order valence-corrected chi connectivity index (χ4v) is 1.96. The zero-order chi connectivity index (χ0) is 12.1. The van der Waals surface area contributed by atoms with Crippen LogP contribution < -0.4 is 5.32 Å². The molecule has 3 heteroatoms. The number of nitrogens with one attached hydrogen (secondary N) is 1. The Balaban J connectivity index is 2.57. The molecule has 0 aliphatic heterocycles. The van der Waals surface area contributed by atoms with Gasteiger partial charge in [-0.15, -0.1) is 0 Å². The van der Waals surface area contributed by atoms with Crippen molar-refractivity contribution in [1.82, 2.24) is 10.2 Å². The van der Waals surface area contributed by atoms with Gasteiger partial charge in [-0.3, -0.25) is 4.90 Å². The lowest BCUT2D eigenvalue weighted by Gasteiger charge is -2.17. The zero-order valence-corrected chi connectivity index (χ0v) is 11.1. The van der Waals surface area contributed by atoms with Crippen molar-refractivity contribution in [3.8, 4) is 0 Å². The van der Waals surface area contributed by atoms with Gasteiger partial charge in [0.15, 0.2) is 0 Å². The Kier molecular flexibility index (Phi) is 5.03. The summed E-state index contributed by atoms with van der Waals surface area (Å²) in [6.07, 6.45) is 0. The standard InChI is InChI=1S/C13H24N2O/c1-10(2)8-15(5)9-12-6-11(3)13(16-12)7-14-4/h6,10,14H,7-9H2,1-5H3. The van der Waals surface area contributed by atoms with Gasteiger partial charge in [0.2, 0.25) is 0 Å². The van der Waals surface area contributed by atoms with Crippen molar-refractivity contribution in [1.29, 1.82) is 0 Å². The molecule has 1 aromatic heterocycles. The Morgan fingerprint density at radius 3 is 2.69 bits per heavy atom. The summed E-state index contributed by atoms with van der Waals surface area (Å²) in [5.74, 6) is 2.80. The molecule has 0 radical (unpaired) electrons. The van der Waals surface area contributed by atoms with Gasteiger partial charge in [0, 0.05) is 6.54 Å². The highest BCUT2D eigenvalue weighted by molar-refractivity contribution is 5.19. The van der Waals surface area contributed by atoms with E-state index in [1.54, 1.807) is 0 Å². The topological polar surface area (TPSA) is 28.4 Å². The van der Waals surface area contributed by atoms with Crippen LogP contribution in [0.25, 0.3) is 0 Å². The quantitative estimate of drug-likeness (QED) is 0.804. The summed E-state index contributed by atoms with van der Waals surface area (Å²) >= 11 is 0. The molecule has 0 aliphatic rings. The fraction of sp³-hybridized carbons (Fsp3) is 0.692. The maximum Gasteiger partial charge on any atom is 0.120 e. The Bertz CT molecular complexity index is 318. The molecule has 0 aliphatic carbocycles. The third kappa shape index (κ3) is 3.99. The lowest BCUT2D eigenvalue weighted by Crippen LogP contribution is -2.22. The molecule has 1 rings (SSSR count). The molecule has 0 amide bonds. The van der Waals surface area contributed by atoms with Gasteiger partial charge in [0.1, 0.15) is 11.5 Å². The zero-order valence-electron chi connectivity index (χ0n) is 11.1. The molecule has 1 N–H and O–H groups in total. The highest BCUT2D eigenvalue weighted by atomic mass is 16.3. The summed E-state index contributed by atoms with van der Waals surface area (Å²) < 4.78 is 5.80. The second-order valence-corrected chi connectivity index (χ2v) is 4.94. The van der Waals surface area contributed by atoms with E-state index >= 15 is 0 Å². The molecule has 16 heavy (non-hydrogen) atoms. The maximum absolute atomic E-state index is 5.80. The number of nitrogens with zero attached hydrogens (tertiary/aromatic N) is 1. The molecule has 0 aromatic carbocycles. The van der Waals surface area contributed by atoms with Crippen LogP contribution in [0.4, 0.5) is 0 Å². The molecule has 3 nitrogen and oxygen atoms in total. The van der Waals surface area contributed by atoms with E-state index in [9.17, 15) is 0 Å². The van der Waals surface area contributed by atoms with Crippen molar-refractivity contribution in [2.75, 3.05) is 20.6 Å². The number of aryl methyl sites for hydroxylation is 1. The monoisotopic (exact) mass is 224 g/mol. The van der Waals surface area contributed by atoms with E-state index in [0.717, 1.165) is 31.2 Å².